The summed E-state index contributed by atoms with van der Waals surface area (Å²) in [6, 6.07) is 0. The van der Waals surface area contributed by atoms with Crippen LogP contribution < -0.4 is 0 Å². The Balaban J connectivity index is 2.16. The average Bonchev–Trinajstić information content (AvgIpc) is 2.84. The zero-order chi connectivity index (χ0) is 13.9. The highest BCUT2D eigenvalue weighted by Gasteiger charge is 2.51. The minimum absolute atomic E-state index is 0.0529. The highest BCUT2D eigenvalue weighted by molar-refractivity contribution is 5.89. The largest absolute Gasteiger partial charge is 0.479 e. The molecule has 2 fully saturated rings. The lowest BCUT2D eigenvalue weighted by atomic mass is 9.93. The number of aliphatic carboxylic acids is 1. The summed E-state index contributed by atoms with van der Waals surface area (Å²) >= 11 is 0. The van der Waals surface area contributed by atoms with E-state index in [9.17, 15) is 14.7 Å². The zero-order valence-corrected chi connectivity index (χ0v) is 11.3. The Morgan fingerprint density at radius 2 is 2.11 bits per heavy atom. The van der Waals surface area contributed by atoms with Crippen LogP contribution in [-0.2, 0) is 19.1 Å². The third-order valence-electron chi connectivity index (χ3n) is 4.11. The van der Waals surface area contributed by atoms with Crippen LogP contribution >= 0.6 is 0 Å². The first-order valence-electron chi connectivity index (χ1n) is 6.73. The first-order chi connectivity index (χ1) is 9.12. The predicted octanol–water partition coefficient (Wildman–Crippen LogP) is 0.505. The fourth-order valence-corrected chi connectivity index (χ4v) is 3.04. The Labute approximate surface area is 112 Å². The third kappa shape index (κ3) is 2.60. The number of carbonyl (C=O) groups excluding carboxylic acids is 1. The number of methoxy groups -OCH3 is 1. The molecule has 0 radical (unpaired) electrons. The second-order valence-corrected chi connectivity index (χ2v) is 5.25. The van der Waals surface area contributed by atoms with Crippen LogP contribution in [0, 0.1) is 5.92 Å². The van der Waals surface area contributed by atoms with Gasteiger partial charge in [-0.25, -0.2) is 4.79 Å². The van der Waals surface area contributed by atoms with Gasteiger partial charge in [-0.2, -0.15) is 0 Å². The van der Waals surface area contributed by atoms with Crippen molar-refractivity contribution in [3.63, 3.8) is 0 Å². The number of likely N-dealkylation sites (tertiary alicyclic amines) is 1. The molecule has 1 unspecified atom stereocenters. The molecule has 2 aliphatic heterocycles. The average molecular weight is 271 g/mol. The number of nitrogens with zero attached hydrogens (tertiary/aromatic N) is 1. The summed E-state index contributed by atoms with van der Waals surface area (Å²) in [5.74, 6) is -1.13. The number of carboxylic acid groups (broad SMARTS) is 1. The van der Waals surface area contributed by atoms with Gasteiger partial charge in [-0.1, -0.05) is 0 Å². The van der Waals surface area contributed by atoms with Crippen LogP contribution in [0.5, 0.6) is 0 Å². The molecule has 0 aromatic carbocycles. The van der Waals surface area contributed by atoms with Gasteiger partial charge in [-0.3, -0.25) is 4.79 Å². The normalized spacial score (nSPS) is 28.6. The van der Waals surface area contributed by atoms with Gasteiger partial charge in [0.15, 0.2) is 5.54 Å². The molecule has 0 bridgehead atoms. The molecule has 108 valence electrons. The number of carbonyl (C=O) groups is 2. The van der Waals surface area contributed by atoms with E-state index in [2.05, 4.69) is 0 Å². The van der Waals surface area contributed by atoms with Crippen molar-refractivity contribution in [3.8, 4) is 0 Å². The summed E-state index contributed by atoms with van der Waals surface area (Å²) in [6.45, 7) is 1.71. The minimum atomic E-state index is -1.18. The van der Waals surface area contributed by atoms with Gasteiger partial charge >= 0.3 is 5.97 Å². The molecule has 6 nitrogen and oxygen atoms in total. The number of rotatable bonds is 4. The molecule has 6 heteroatoms. The molecule has 0 aromatic rings. The lowest BCUT2D eigenvalue weighted by Gasteiger charge is -2.37. The van der Waals surface area contributed by atoms with Crippen molar-refractivity contribution in [1.29, 1.82) is 0 Å². The highest BCUT2D eigenvalue weighted by atomic mass is 16.5. The quantitative estimate of drug-likeness (QED) is 0.806. The highest BCUT2D eigenvalue weighted by Crippen LogP contribution is 2.33. The first kappa shape index (κ1) is 14.3. The van der Waals surface area contributed by atoms with Crippen molar-refractivity contribution in [1.82, 2.24) is 4.90 Å². The Hall–Kier alpha value is -1.14. The van der Waals surface area contributed by atoms with Crippen molar-refractivity contribution >= 4 is 11.9 Å². The van der Waals surface area contributed by atoms with Gasteiger partial charge < -0.3 is 19.5 Å². The van der Waals surface area contributed by atoms with Gasteiger partial charge in [-0.05, 0) is 25.7 Å². The molecule has 0 saturated carbocycles. The van der Waals surface area contributed by atoms with E-state index in [4.69, 9.17) is 9.47 Å². The molecule has 0 aromatic heterocycles. The van der Waals surface area contributed by atoms with Crippen molar-refractivity contribution in [2.24, 2.45) is 5.92 Å². The summed E-state index contributed by atoms with van der Waals surface area (Å²) < 4.78 is 10.3. The zero-order valence-electron chi connectivity index (χ0n) is 11.3. The summed E-state index contributed by atoms with van der Waals surface area (Å²) in [6.07, 6.45) is 2.53. The maximum Gasteiger partial charge on any atom is 0.332 e. The lowest BCUT2D eigenvalue weighted by Crippen LogP contribution is -2.57. The second kappa shape index (κ2) is 5.88. The number of carboxylic acids is 1. The van der Waals surface area contributed by atoms with Crippen LogP contribution in [0.2, 0.25) is 0 Å². The molecule has 2 saturated heterocycles. The maximum atomic E-state index is 12.5. The van der Waals surface area contributed by atoms with Crippen molar-refractivity contribution < 1.29 is 24.2 Å². The Morgan fingerprint density at radius 3 is 2.68 bits per heavy atom. The van der Waals surface area contributed by atoms with Crippen LogP contribution in [0.1, 0.15) is 25.7 Å². The maximum absolute atomic E-state index is 12.5. The molecule has 2 rings (SSSR count). The van der Waals surface area contributed by atoms with Gasteiger partial charge in [0.2, 0.25) is 5.91 Å². The van der Waals surface area contributed by atoms with Gasteiger partial charge in [0.05, 0.1) is 6.61 Å². The number of hydrogen-bond acceptors (Lipinski definition) is 4. The summed E-state index contributed by atoms with van der Waals surface area (Å²) in [5.41, 5.74) is -1.18. The SMILES string of the molecule is COCC1(C(=O)O)CCCN1C(=O)C1CCOCC1. The molecule has 19 heavy (non-hydrogen) atoms. The van der Waals surface area contributed by atoms with E-state index in [1.807, 2.05) is 0 Å². The van der Waals surface area contributed by atoms with Crippen LogP contribution in [0.3, 0.4) is 0 Å². The fourth-order valence-electron chi connectivity index (χ4n) is 3.04. The summed E-state index contributed by atoms with van der Waals surface area (Å²) in [4.78, 5) is 25.7. The smallest absolute Gasteiger partial charge is 0.332 e. The second-order valence-electron chi connectivity index (χ2n) is 5.25. The monoisotopic (exact) mass is 271 g/mol. The van der Waals surface area contributed by atoms with E-state index >= 15 is 0 Å². The van der Waals surface area contributed by atoms with E-state index < -0.39 is 11.5 Å². The summed E-state index contributed by atoms with van der Waals surface area (Å²) in [7, 11) is 1.47. The van der Waals surface area contributed by atoms with Crippen LogP contribution in [0.4, 0.5) is 0 Å². The van der Waals surface area contributed by atoms with Crippen molar-refractivity contribution in [2.45, 2.75) is 31.2 Å². The predicted molar refractivity (Wildman–Crippen MR) is 66.7 cm³/mol. The Morgan fingerprint density at radius 1 is 1.42 bits per heavy atom. The van der Waals surface area contributed by atoms with E-state index in [0.717, 1.165) is 0 Å². The standard InChI is InChI=1S/C13H21NO5/c1-18-9-13(12(16)17)5-2-6-14(13)11(15)10-3-7-19-8-4-10/h10H,2-9H2,1H3,(H,16,17). The van der Waals surface area contributed by atoms with Gasteiger partial charge in [-0.15, -0.1) is 0 Å². The van der Waals surface area contributed by atoms with E-state index in [0.29, 0.717) is 45.4 Å². The summed E-state index contributed by atoms with van der Waals surface area (Å²) in [5, 5.41) is 9.51. The molecule has 2 aliphatic rings. The minimum Gasteiger partial charge on any atom is -0.479 e. The van der Waals surface area contributed by atoms with Gasteiger partial charge in [0, 0.05) is 32.8 Å². The number of ether oxygens (including phenoxy) is 2. The Kier molecular flexibility index (Phi) is 4.42. The molecule has 2 heterocycles. The molecule has 1 N–H and O–H groups in total. The molecular formula is C13H21NO5. The molecule has 1 amide bonds. The van der Waals surface area contributed by atoms with E-state index in [1.165, 1.54) is 12.0 Å². The van der Waals surface area contributed by atoms with Crippen LogP contribution in [-0.4, -0.2) is 60.9 Å². The molecule has 1 atom stereocenters. The van der Waals surface area contributed by atoms with Crippen molar-refractivity contribution in [3.05, 3.63) is 0 Å². The number of amides is 1. The molecular weight excluding hydrogens is 250 g/mol. The van der Waals surface area contributed by atoms with Crippen LogP contribution in [0.15, 0.2) is 0 Å². The van der Waals surface area contributed by atoms with Gasteiger partial charge in [0.25, 0.3) is 0 Å². The first-order valence-corrected chi connectivity index (χ1v) is 6.73. The Bertz CT molecular complexity index is 353. The molecule has 0 aliphatic carbocycles. The lowest BCUT2D eigenvalue weighted by molar-refractivity contribution is -0.163. The van der Waals surface area contributed by atoms with E-state index in [1.54, 1.807) is 0 Å². The van der Waals surface area contributed by atoms with Gasteiger partial charge in [0.1, 0.15) is 0 Å². The van der Waals surface area contributed by atoms with E-state index in [-0.39, 0.29) is 18.4 Å². The van der Waals surface area contributed by atoms with Crippen molar-refractivity contribution in [2.75, 3.05) is 33.5 Å². The van der Waals surface area contributed by atoms with Crippen LogP contribution in [0.25, 0.3) is 0 Å². The fraction of sp³-hybridized carbons (Fsp3) is 0.846. The molecule has 0 spiro atoms. The third-order valence-corrected chi connectivity index (χ3v) is 4.11. The number of hydrogen-bond donors (Lipinski definition) is 1. The topological polar surface area (TPSA) is 76.1 Å².